The van der Waals surface area contributed by atoms with Crippen molar-refractivity contribution in [3.8, 4) is 5.75 Å². The number of piperidine rings is 1. The molecule has 10 nitrogen and oxygen atoms in total. The number of nitrogens with one attached hydrogen (secondary N) is 2. The number of ether oxygens (including phenoxy) is 1. The molecule has 2 saturated carbocycles. The SMILES string of the molecule is COc1ccc(NC(=O)c2ccc(NS(=O)(=O)CCO)cc2N2CCC3(CC2)CC3)nc1N1CCC2(CC2)C1. The van der Waals surface area contributed by atoms with Crippen LogP contribution in [0.3, 0.4) is 0 Å². The summed E-state index contributed by atoms with van der Waals surface area (Å²) in [5, 5.41) is 12.1. The van der Waals surface area contributed by atoms with Crippen LogP contribution in [0.15, 0.2) is 30.3 Å². The maximum absolute atomic E-state index is 13.6. The van der Waals surface area contributed by atoms with Gasteiger partial charge in [0, 0.05) is 26.2 Å². The topological polar surface area (TPSA) is 124 Å². The van der Waals surface area contributed by atoms with E-state index in [2.05, 4.69) is 19.8 Å². The maximum Gasteiger partial charge on any atom is 0.258 e. The lowest BCUT2D eigenvalue weighted by Gasteiger charge is -2.35. The van der Waals surface area contributed by atoms with Gasteiger partial charge < -0.3 is 25.0 Å². The molecule has 2 aliphatic heterocycles. The number of anilines is 4. The second-order valence-electron chi connectivity index (χ2n) is 11.7. The van der Waals surface area contributed by atoms with Crippen LogP contribution >= 0.6 is 0 Å². The number of carbonyl (C=O) groups is 1. The van der Waals surface area contributed by atoms with Gasteiger partial charge in [-0.15, -0.1) is 0 Å². The van der Waals surface area contributed by atoms with Crippen molar-refractivity contribution in [1.82, 2.24) is 4.98 Å². The number of carbonyl (C=O) groups excluding carboxylic acids is 1. The Morgan fingerprint density at radius 2 is 1.69 bits per heavy atom. The standard InChI is InChI=1S/C28H37N5O5S/c1-38-23-4-5-24(29-25(23)33-15-12-28(19-33)8-9-28)30-26(35)21-3-2-20(31-39(36,37)17-16-34)18-22(21)32-13-10-27(6-7-27)11-14-32/h2-5,18,31,34H,6-17,19H2,1H3,(H,29,30,35). The summed E-state index contributed by atoms with van der Waals surface area (Å²) in [7, 11) is -2.06. The predicted octanol–water partition coefficient (Wildman–Crippen LogP) is 3.45. The fourth-order valence-corrected chi connectivity index (χ4v) is 6.90. The first-order valence-corrected chi connectivity index (χ1v) is 15.5. The van der Waals surface area contributed by atoms with E-state index in [1.165, 1.54) is 25.7 Å². The van der Waals surface area contributed by atoms with Gasteiger partial charge in [0.25, 0.3) is 5.91 Å². The molecule has 2 saturated heterocycles. The quantitative estimate of drug-likeness (QED) is 0.430. The van der Waals surface area contributed by atoms with E-state index in [9.17, 15) is 13.2 Å². The van der Waals surface area contributed by atoms with Gasteiger partial charge in [0.15, 0.2) is 11.6 Å². The Balaban J connectivity index is 1.26. The third kappa shape index (κ3) is 5.51. The van der Waals surface area contributed by atoms with Crippen molar-refractivity contribution >= 4 is 38.9 Å². The molecule has 0 atom stereocenters. The molecule has 39 heavy (non-hydrogen) atoms. The fraction of sp³-hybridized carbons (Fsp3) is 0.571. The minimum absolute atomic E-state index is 0.301. The smallest absolute Gasteiger partial charge is 0.258 e. The molecule has 1 amide bonds. The summed E-state index contributed by atoms with van der Waals surface area (Å²) in [6, 6.07) is 8.56. The third-order valence-electron chi connectivity index (χ3n) is 8.99. The first-order valence-electron chi connectivity index (χ1n) is 13.8. The van der Waals surface area contributed by atoms with E-state index in [1.54, 1.807) is 31.4 Å². The Hall–Kier alpha value is -3.05. The van der Waals surface area contributed by atoms with E-state index >= 15 is 0 Å². The van der Waals surface area contributed by atoms with E-state index in [0.717, 1.165) is 51.3 Å². The summed E-state index contributed by atoms with van der Waals surface area (Å²) >= 11 is 0. The van der Waals surface area contributed by atoms with Crippen LogP contribution in [-0.2, 0) is 10.0 Å². The van der Waals surface area contributed by atoms with Crippen LogP contribution in [-0.4, -0.2) is 70.1 Å². The third-order valence-corrected chi connectivity index (χ3v) is 10.3. The Kier molecular flexibility index (Phi) is 6.61. The molecule has 210 valence electrons. The maximum atomic E-state index is 13.6. The van der Waals surface area contributed by atoms with Crippen LogP contribution in [0.25, 0.3) is 0 Å². The van der Waals surface area contributed by atoms with Gasteiger partial charge >= 0.3 is 0 Å². The van der Waals surface area contributed by atoms with Crippen molar-refractivity contribution in [2.24, 2.45) is 10.8 Å². The second-order valence-corrected chi connectivity index (χ2v) is 13.6. The summed E-state index contributed by atoms with van der Waals surface area (Å²) in [6.07, 6.45) is 8.33. The molecule has 1 aromatic heterocycles. The summed E-state index contributed by atoms with van der Waals surface area (Å²) in [5.41, 5.74) is 2.40. The molecule has 0 unspecified atom stereocenters. The molecule has 0 bridgehead atoms. The van der Waals surface area contributed by atoms with Crippen molar-refractivity contribution in [3.05, 3.63) is 35.9 Å². The largest absolute Gasteiger partial charge is 0.493 e. The van der Waals surface area contributed by atoms with E-state index in [4.69, 9.17) is 14.8 Å². The highest BCUT2D eigenvalue weighted by Crippen LogP contribution is 2.55. The van der Waals surface area contributed by atoms with Crippen molar-refractivity contribution < 1.29 is 23.1 Å². The molecule has 4 aliphatic rings. The van der Waals surface area contributed by atoms with Gasteiger partial charge in [-0.2, -0.15) is 0 Å². The summed E-state index contributed by atoms with van der Waals surface area (Å²) in [5.74, 6) is 1.19. The van der Waals surface area contributed by atoms with Crippen molar-refractivity contribution in [3.63, 3.8) is 0 Å². The molecule has 3 heterocycles. The molecule has 4 fully saturated rings. The first-order chi connectivity index (χ1) is 18.7. The Morgan fingerprint density at radius 1 is 1.00 bits per heavy atom. The van der Waals surface area contributed by atoms with Crippen LogP contribution in [0.1, 0.15) is 55.3 Å². The minimum atomic E-state index is -3.69. The summed E-state index contributed by atoms with van der Waals surface area (Å²) < 4.78 is 32.7. The number of benzene rings is 1. The average Bonchev–Trinajstić information content (AvgIpc) is 3.81. The number of hydrogen-bond donors (Lipinski definition) is 3. The van der Waals surface area contributed by atoms with Gasteiger partial charge in [-0.05, 0) is 86.1 Å². The van der Waals surface area contributed by atoms with Gasteiger partial charge in [-0.25, -0.2) is 13.4 Å². The van der Waals surface area contributed by atoms with Gasteiger partial charge in [0.1, 0.15) is 5.82 Å². The lowest BCUT2D eigenvalue weighted by atomic mass is 9.93. The number of amides is 1. The Bertz CT molecular complexity index is 1360. The van der Waals surface area contributed by atoms with Crippen molar-refractivity contribution in [2.45, 2.75) is 44.9 Å². The number of pyridine rings is 1. The van der Waals surface area contributed by atoms with Gasteiger partial charge in [-0.1, -0.05) is 0 Å². The fourth-order valence-electron chi connectivity index (χ4n) is 6.07. The van der Waals surface area contributed by atoms with Gasteiger partial charge in [0.2, 0.25) is 10.0 Å². The molecular formula is C28H37N5O5S. The summed E-state index contributed by atoms with van der Waals surface area (Å²) in [4.78, 5) is 22.8. The number of rotatable bonds is 9. The number of aliphatic hydroxyl groups excluding tert-OH is 1. The van der Waals surface area contributed by atoms with E-state index < -0.39 is 16.6 Å². The van der Waals surface area contributed by atoms with Crippen LogP contribution in [0.2, 0.25) is 0 Å². The summed E-state index contributed by atoms with van der Waals surface area (Å²) in [6.45, 7) is 3.05. The lowest BCUT2D eigenvalue weighted by Crippen LogP contribution is -2.35. The highest BCUT2D eigenvalue weighted by molar-refractivity contribution is 7.92. The number of methoxy groups -OCH3 is 1. The van der Waals surface area contributed by atoms with E-state index in [1.807, 2.05) is 6.07 Å². The van der Waals surface area contributed by atoms with Crippen LogP contribution in [0.5, 0.6) is 5.75 Å². The van der Waals surface area contributed by atoms with Gasteiger partial charge in [0.05, 0.1) is 36.4 Å². The van der Waals surface area contributed by atoms with Crippen LogP contribution < -0.4 is 24.6 Å². The molecule has 3 N–H and O–H groups in total. The van der Waals surface area contributed by atoms with Gasteiger partial charge in [-0.3, -0.25) is 9.52 Å². The first kappa shape index (κ1) is 26.2. The molecule has 2 spiro atoms. The molecule has 6 rings (SSSR count). The highest BCUT2D eigenvalue weighted by atomic mass is 32.2. The number of aromatic nitrogens is 1. The zero-order valence-electron chi connectivity index (χ0n) is 22.4. The molecule has 2 aromatic rings. The van der Waals surface area contributed by atoms with Crippen molar-refractivity contribution in [1.29, 1.82) is 0 Å². The predicted molar refractivity (Wildman–Crippen MR) is 151 cm³/mol. The lowest BCUT2D eigenvalue weighted by molar-refractivity contribution is 0.102. The zero-order valence-corrected chi connectivity index (χ0v) is 23.2. The molecule has 0 radical (unpaired) electrons. The molecular weight excluding hydrogens is 518 g/mol. The van der Waals surface area contributed by atoms with Crippen LogP contribution in [0, 0.1) is 10.8 Å². The molecule has 11 heteroatoms. The van der Waals surface area contributed by atoms with Crippen LogP contribution in [0.4, 0.5) is 23.0 Å². The number of hydrogen-bond acceptors (Lipinski definition) is 8. The van der Waals surface area contributed by atoms with E-state index in [-0.39, 0.29) is 11.7 Å². The Morgan fingerprint density at radius 3 is 2.33 bits per heavy atom. The van der Waals surface area contributed by atoms with Crippen molar-refractivity contribution in [2.75, 3.05) is 65.5 Å². The Labute approximate surface area is 229 Å². The number of aliphatic hydroxyl groups is 1. The average molecular weight is 556 g/mol. The molecule has 1 aromatic carbocycles. The number of nitrogens with zero attached hydrogens (tertiary/aromatic N) is 3. The van der Waals surface area contributed by atoms with E-state index in [0.29, 0.717) is 39.3 Å². The molecule has 2 aliphatic carbocycles. The highest BCUT2D eigenvalue weighted by Gasteiger charge is 2.48. The zero-order chi connectivity index (χ0) is 27.3. The number of sulfonamides is 1. The normalized spacial score (nSPS) is 20.8. The monoisotopic (exact) mass is 555 g/mol. The minimum Gasteiger partial charge on any atom is -0.493 e. The second kappa shape index (κ2) is 9.85.